The van der Waals surface area contributed by atoms with Crippen LogP contribution in [0.2, 0.25) is 5.02 Å². The summed E-state index contributed by atoms with van der Waals surface area (Å²) in [5.74, 6) is 0.947. The van der Waals surface area contributed by atoms with Crippen molar-refractivity contribution in [2.24, 2.45) is 0 Å². The molecule has 38 heavy (non-hydrogen) atoms. The average Bonchev–Trinajstić information content (AvgIpc) is 2.96. The van der Waals surface area contributed by atoms with Crippen LogP contribution in [0.5, 0.6) is 5.75 Å². The van der Waals surface area contributed by atoms with Crippen molar-refractivity contribution in [3.8, 4) is 5.75 Å². The van der Waals surface area contributed by atoms with Crippen LogP contribution in [0, 0.1) is 0 Å². The van der Waals surface area contributed by atoms with Crippen LogP contribution in [0.4, 0.5) is 0 Å². The normalized spacial score (nSPS) is 15.4. The summed E-state index contributed by atoms with van der Waals surface area (Å²) in [6.07, 6.45) is 5.33. The minimum absolute atomic E-state index is 0.260. The van der Waals surface area contributed by atoms with Crippen LogP contribution in [0.1, 0.15) is 48.4 Å². The SMILES string of the molecule is ONNCCCCc1ccc(OCCCCN2CCN([C@H](c3ccccc3)c3ccc(Cl)cc3)CC2)cc1. The van der Waals surface area contributed by atoms with E-state index in [1.165, 1.54) is 16.7 Å². The lowest BCUT2D eigenvalue weighted by Gasteiger charge is -2.40. The summed E-state index contributed by atoms with van der Waals surface area (Å²) < 4.78 is 5.98. The number of nitrogens with one attached hydrogen (secondary N) is 2. The van der Waals surface area contributed by atoms with Crippen molar-refractivity contribution < 1.29 is 9.94 Å². The van der Waals surface area contributed by atoms with Crippen molar-refractivity contribution in [2.45, 2.75) is 38.1 Å². The van der Waals surface area contributed by atoms with E-state index in [1.807, 2.05) is 17.7 Å². The lowest BCUT2D eigenvalue weighted by Crippen LogP contribution is -2.48. The molecule has 204 valence electrons. The van der Waals surface area contributed by atoms with Gasteiger partial charge in [0.1, 0.15) is 5.75 Å². The van der Waals surface area contributed by atoms with Crippen LogP contribution < -0.4 is 15.8 Å². The van der Waals surface area contributed by atoms with Gasteiger partial charge in [-0.25, -0.2) is 5.43 Å². The van der Waals surface area contributed by atoms with E-state index < -0.39 is 0 Å². The molecule has 3 aromatic carbocycles. The lowest BCUT2D eigenvalue weighted by molar-refractivity contribution is 0.107. The summed E-state index contributed by atoms with van der Waals surface area (Å²) in [6.45, 7) is 6.92. The molecule has 1 fully saturated rings. The van der Waals surface area contributed by atoms with Crippen molar-refractivity contribution >= 4 is 11.6 Å². The van der Waals surface area contributed by atoms with Crippen LogP contribution in [0.3, 0.4) is 0 Å². The molecular weight excluding hydrogens is 496 g/mol. The molecule has 0 amide bonds. The molecule has 1 aliphatic heterocycles. The Morgan fingerprint density at radius 3 is 2.21 bits per heavy atom. The summed E-state index contributed by atoms with van der Waals surface area (Å²) in [4.78, 5) is 5.19. The first-order chi connectivity index (χ1) is 18.7. The molecule has 3 aromatic rings. The predicted octanol–water partition coefficient (Wildman–Crippen LogP) is 5.71. The van der Waals surface area contributed by atoms with Gasteiger partial charge in [0, 0.05) is 37.7 Å². The van der Waals surface area contributed by atoms with E-state index in [-0.39, 0.29) is 6.04 Å². The van der Waals surface area contributed by atoms with Crippen LogP contribution in [0.25, 0.3) is 0 Å². The Balaban J connectivity index is 1.15. The first-order valence-corrected chi connectivity index (χ1v) is 14.2. The molecule has 0 aliphatic carbocycles. The molecule has 3 N–H and O–H groups in total. The molecule has 6 nitrogen and oxygen atoms in total. The van der Waals surface area contributed by atoms with E-state index in [0.29, 0.717) is 0 Å². The standard InChI is InChI=1S/C31H41ClN4O2/c32-29-15-13-28(14-16-29)31(27-9-2-1-3-10-27)36-23-21-35(22-24-36)20-6-7-25-38-30-17-11-26(12-18-30)8-4-5-19-33-34-37/h1-3,9-18,31,33-34,37H,4-8,19-25H2/t31-/m1/s1. The summed E-state index contributed by atoms with van der Waals surface area (Å²) in [5.41, 5.74) is 8.61. The second-order valence-corrected chi connectivity index (χ2v) is 10.4. The highest BCUT2D eigenvalue weighted by Gasteiger charge is 2.26. The zero-order chi connectivity index (χ0) is 26.4. The van der Waals surface area contributed by atoms with Crippen LogP contribution >= 0.6 is 11.6 Å². The Morgan fingerprint density at radius 2 is 1.50 bits per heavy atom. The molecule has 0 saturated carbocycles. The number of aryl methyl sites for hydroxylation is 1. The van der Waals surface area contributed by atoms with Gasteiger partial charge < -0.3 is 14.8 Å². The van der Waals surface area contributed by atoms with Gasteiger partial charge in [-0.2, -0.15) is 0 Å². The van der Waals surface area contributed by atoms with Gasteiger partial charge in [-0.3, -0.25) is 4.90 Å². The van der Waals surface area contributed by atoms with Crippen molar-refractivity contribution in [3.05, 3.63) is 101 Å². The highest BCUT2D eigenvalue weighted by Crippen LogP contribution is 2.30. The zero-order valence-corrected chi connectivity index (χ0v) is 23.0. The maximum absolute atomic E-state index is 8.51. The minimum Gasteiger partial charge on any atom is -0.494 e. The van der Waals surface area contributed by atoms with Gasteiger partial charge in [-0.05, 0) is 79.6 Å². The lowest BCUT2D eigenvalue weighted by atomic mass is 9.96. The number of hydrazine groups is 1. The number of halogens is 1. The molecule has 0 bridgehead atoms. The number of piperazine rings is 1. The van der Waals surface area contributed by atoms with Gasteiger partial charge in [0.2, 0.25) is 0 Å². The van der Waals surface area contributed by atoms with E-state index >= 15 is 0 Å². The largest absolute Gasteiger partial charge is 0.494 e. The van der Waals surface area contributed by atoms with Gasteiger partial charge in [0.05, 0.1) is 12.6 Å². The summed E-state index contributed by atoms with van der Waals surface area (Å²) in [6, 6.07) is 27.8. The molecule has 0 radical (unpaired) electrons. The van der Waals surface area contributed by atoms with E-state index in [0.717, 1.165) is 88.8 Å². The fraction of sp³-hybridized carbons (Fsp3) is 0.419. The first kappa shape index (κ1) is 28.6. The van der Waals surface area contributed by atoms with Gasteiger partial charge in [-0.1, -0.05) is 66.2 Å². The number of nitrogens with zero attached hydrogens (tertiary/aromatic N) is 2. The van der Waals surface area contributed by atoms with E-state index in [4.69, 9.17) is 21.5 Å². The Morgan fingerprint density at radius 1 is 0.789 bits per heavy atom. The van der Waals surface area contributed by atoms with Crippen molar-refractivity contribution in [1.29, 1.82) is 0 Å². The van der Waals surface area contributed by atoms with Crippen molar-refractivity contribution in [3.63, 3.8) is 0 Å². The smallest absolute Gasteiger partial charge is 0.119 e. The van der Waals surface area contributed by atoms with Crippen LogP contribution in [-0.2, 0) is 6.42 Å². The maximum Gasteiger partial charge on any atom is 0.119 e. The minimum atomic E-state index is 0.260. The van der Waals surface area contributed by atoms with Gasteiger partial charge >= 0.3 is 0 Å². The quantitative estimate of drug-likeness (QED) is 0.171. The fourth-order valence-corrected chi connectivity index (χ4v) is 5.24. The Bertz CT molecular complexity index is 1040. The summed E-state index contributed by atoms with van der Waals surface area (Å²) >= 11 is 6.17. The summed E-state index contributed by atoms with van der Waals surface area (Å²) in [5, 5.41) is 9.29. The highest BCUT2D eigenvalue weighted by atomic mass is 35.5. The molecule has 1 heterocycles. The number of rotatable bonds is 15. The fourth-order valence-electron chi connectivity index (χ4n) is 5.12. The maximum atomic E-state index is 8.51. The third-order valence-corrected chi connectivity index (χ3v) is 7.48. The molecule has 4 rings (SSSR count). The van der Waals surface area contributed by atoms with E-state index in [9.17, 15) is 0 Å². The molecule has 0 spiro atoms. The van der Waals surface area contributed by atoms with Gasteiger partial charge in [0.25, 0.3) is 0 Å². The van der Waals surface area contributed by atoms with Crippen molar-refractivity contribution in [2.75, 3.05) is 45.9 Å². The number of unbranched alkanes of at least 4 members (excludes halogenated alkanes) is 2. The Hall–Kier alpha value is -2.45. The average molecular weight is 537 g/mol. The second-order valence-electron chi connectivity index (χ2n) is 9.94. The summed E-state index contributed by atoms with van der Waals surface area (Å²) in [7, 11) is 0. The first-order valence-electron chi connectivity index (χ1n) is 13.8. The number of hydrogen-bond acceptors (Lipinski definition) is 6. The van der Waals surface area contributed by atoms with E-state index in [1.54, 1.807) is 0 Å². The third-order valence-electron chi connectivity index (χ3n) is 7.23. The number of hydrogen-bond donors (Lipinski definition) is 3. The monoisotopic (exact) mass is 536 g/mol. The van der Waals surface area contributed by atoms with Crippen molar-refractivity contribution in [1.82, 2.24) is 20.8 Å². The molecule has 1 atom stereocenters. The molecule has 0 unspecified atom stereocenters. The Kier molecular flexibility index (Phi) is 11.9. The topological polar surface area (TPSA) is 60.0 Å². The molecule has 7 heteroatoms. The van der Waals surface area contributed by atoms with Gasteiger partial charge in [0.15, 0.2) is 0 Å². The molecule has 0 aromatic heterocycles. The molecule has 1 aliphatic rings. The predicted molar refractivity (Wildman–Crippen MR) is 155 cm³/mol. The molecule has 1 saturated heterocycles. The van der Waals surface area contributed by atoms with Crippen LogP contribution in [-0.4, -0.2) is 60.9 Å². The van der Waals surface area contributed by atoms with E-state index in [2.05, 4.69) is 82.0 Å². The second kappa shape index (κ2) is 15.8. The highest BCUT2D eigenvalue weighted by molar-refractivity contribution is 6.30. The Labute approximate surface area is 232 Å². The third kappa shape index (κ3) is 9.09. The number of benzene rings is 3. The van der Waals surface area contributed by atoms with Gasteiger partial charge in [-0.15, -0.1) is 5.59 Å². The molecular formula is C31H41ClN4O2. The number of ether oxygens (including phenoxy) is 1. The van der Waals surface area contributed by atoms with Crippen LogP contribution in [0.15, 0.2) is 78.9 Å². The zero-order valence-electron chi connectivity index (χ0n) is 22.2.